The molecule has 0 saturated carbocycles. The molecule has 2 aromatic heterocycles. The molecule has 0 aliphatic carbocycles. The number of rotatable bonds is 5. The lowest BCUT2D eigenvalue weighted by molar-refractivity contribution is 0.0955. The zero-order valence-electron chi connectivity index (χ0n) is 18.5. The monoisotopic (exact) mass is 456 g/mol. The van der Waals surface area contributed by atoms with Crippen molar-refractivity contribution in [2.75, 3.05) is 23.9 Å². The van der Waals surface area contributed by atoms with Crippen LogP contribution in [0.2, 0.25) is 0 Å². The zero-order chi connectivity index (χ0) is 22.8. The minimum atomic E-state index is -0.0826. The highest BCUT2D eigenvalue weighted by Crippen LogP contribution is 2.43. The predicted molar refractivity (Wildman–Crippen MR) is 133 cm³/mol. The standard InChI is InChI=1S/C26H24N4O2S/c1-29(2)20-11-9-18(10-12-20)16-28-25(31)23-13-14-24(33-23)30-17-19-6-3-4-8-22(19)32-26-21(30)7-5-15-27-26/h3-15H,16-17H2,1-2H3,(H,28,31). The molecule has 166 valence electrons. The third-order valence-corrected chi connectivity index (χ3v) is 6.64. The maximum Gasteiger partial charge on any atom is 0.261 e. The Balaban J connectivity index is 1.35. The quantitative estimate of drug-likeness (QED) is 0.425. The number of amides is 1. The molecule has 2 aromatic carbocycles. The van der Waals surface area contributed by atoms with Gasteiger partial charge in [-0.05, 0) is 48.0 Å². The third kappa shape index (κ3) is 4.40. The molecule has 7 heteroatoms. The summed E-state index contributed by atoms with van der Waals surface area (Å²) in [4.78, 5) is 22.1. The van der Waals surface area contributed by atoms with Gasteiger partial charge in [-0.15, -0.1) is 11.3 Å². The molecule has 5 rings (SSSR count). The van der Waals surface area contributed by atoms with Gasteiger partial charge < -0.3 is 19.9 Å². The largest absolute Gasteiger partial charge is 0.437 e. The van der Waals surface area contributed by atoms with Crippen LogP contribution in [0.15, 0.2) is 79.0 Å². The fourth-order valence-corrected chi connectivity index (χ4v) is 4.67. The summed E-state index contributed by atoms with van der Waals surface area (Å²) >= 11 is 1.46. The van der Waals surface area contributed by atoms with Gasteiger partial charge in [0.05, 0.1) is 16.4 Å². The van der Waals surface area contributed by atoms with Gasteiger partial charge in [0, 0.05) is 38.1 Å². The molecular weight excluding hydrogens is 432 g/mol. The fourth-order valence-electron chi connectivity index (χ4n) is 3.73. The maximum absolute atomic E-state index is 12.8. The molecule has 1 aliphatic rings. The Morgan fingerprint density at radius 2 is 1.88 bits per heavy atom. The highest BCUT2D eigenvalue weighted by Gasteiger charge is 2.24. The van der Waals surface area contributed by atoms with Crippen LogP contribution in [0.25, 0.3) is 0 Å². The number of aromatic nitrogens is 1. The molecule has 33 heavy (non-hydrogen) atoms. The van der Waals surface area contributed by atoms with Crippen molar-refractivity contribution >= 4 is 33.6 Å². The Kier molecular flexibility index (Phi) is 5.71. The first-order valence-electron chi connectivity index (χ1n) is 10.7. The van der Waals surface area contributed by atoms with Crippen molar-refractivity contribution in [3.05, 3.63) is 95.0 Å². The highest BCUT2D eigenvalue weighted by molar-refractivity contribution is 7.18. The Bertz CT molecular complexity index is 1280. The molecule has 6 nitrogen and oxygen atoms in total. The normalized spacial score (nSPS) is 12.2. The minimum absolute atomic E-state index is 0.0826. The number of benzene rings is 2. The van der Waals surface area contributed by atoms with Gasteiger partial charge in [-0.25, -0.2) is 4.98 Å². The summed E-state index contributed by atoms with van der Waals surface area (Å²) in [6.07, 6.45) is 1.73. The van der Waals surface area contributed by atoms with Crippen molar-refractivity contribution < 1.29 is 9.53 Å². The average molecular weight is 457 g/mol. The second kappa shape index (κ2) is 8.96. The highest BCUT2D eigenvalue weighted by atomic mass is 32.1. The molecule has 1 aliphatic heterocycles. The van der Waals surface area contributed by atoms with E-state index < -0.39 is 0 Å². The zero-order valence-corrected chi connectivity index (χ0v) is 19.3. The molecular formula is C26H24N4O2S. The molecule has 0 fully saturated rings. The van der Waals surface area contributed by atoms with Crippen LogP contribution >= 0.6 is 11.3 Å². The van der Waals surface area contributed by atoms with E-state index >= 15 is 0 Å². The second-order valence-electron chi connectivity index (χ2n) is 8.01. The number of ether oxygens (including phenoxy) is 1. The first-order chi connectivity index (χ1) is 16.1. The van der Waals surface area contributed by atoms with Crippen molar-refractivity contribution in [1.29, 1.82) is 0 Å². The molecule has 0 atom stereocenters. The van der Waals surface area contributed by atoms with Gasteiger partial charge in [-0.1, -0.05) is 30.3 Å². The van der Waals surface area contributed by atoms with Gasteiger partial charge >= 0.3 is 0 Å². The summed E-state index contributed by atoms with van der Waals surface area (Å²) in [6, 6.07) is 23.9. The van der Waals surface area contributed by atoms with E-state index in [9.17, 15) is 4.79 Å². The number of para-hydroxylation sites is 1. The molecule has 4 aromatic rings. The van der Waals surface area contributed by atoms with E-state index in [1.54, 1.807) is 6.20 Å². The SMILES string of the molecule is CN(C)c1ccc(CNC(=O)c2ccc(N3Cc4ccccc4Oc4ncccc43)s2)cc1. The molecule has 0 bridgehead atoms. The number of nitrogens with one attached hydrogen (secondary N) is 1. The Morgan fingerprint density at radius 3 is 2.70 bits per heavy atom. The van der Waals surface area contributed by atoms with Crippen LogP contribution in [0.4, 0.5) is 16.4 Å². The number of thiophene rings is 1. The van der Waals surface area contributed by atoms with Crippen molar-refractivity contribution in [1.82, 2.24) is 10.3 Å². The lowest BCUT2D eigenvalue weighted by Crippen LogP contribution is -2.21. The Hall–Kier alpha value is -3.84. The molecule has 1 amide bonds. The van der Waals surface area contributed by atoms with E-state index in [4.69, 9.17) is 4.74 Å². The van der Waals surface area contributed by atoms with Gasteiger partial charge in [-0.2, -0.15) is 0 Å². The summed E-state index contributed by atoms with van der Waals surface area (Å²) in [6.45, 7) is 1.12. The summed E-state index contributed by atoms with van der Waals surface area (Å²) in [5.41, 5.74) is 4.14. The van der Waals surface area contributed by atoms with Crippen molar-refractivity contribution in [3.8, 4) is 11.6 Å². The van der Waals surface area contributed by atoms with Crippen molar-refractivity contribution in [3.63, 3.8) is 0 Å². The molecule has 0 radical (unpaired) electrons. The number of hydrogen-bond donors (Lipinski definition) is 1. The number of carbonyl (C=O) groups excluding carboxylic acids is 1. The summed E-state index contributed by atoms with van der Waals surface area (Å²) in [7, 11) is 4.02. The van der Waals surface area contributed by atoms with Crippen LogP contribution in [-0.4, -0.2) is 25.0 Å². The van der Waals surface area contributed by atoms with Gasteiger partial charge in [0.1, 0.15) is 11.4 Å². The molecule has 0 unspecified atom stereocenters. The lowest BCUT2D eigenvalue weighted by Gasteiger charge is -2.21. The van der Waals surface area contributed by atoms with Crippen LogP contribution < -0.4 is 19.9 Å². The minimum Gasteiger partial charge on any atom is -0.437 e. The Labute approximate surface area is 197 Å². The number of anilines is 3. The smallest absolute Gasteiger partial charge is 0.261 e. The van der Waals surface area contributed by atoms with Gasteiger partial charge in [0.2, 0.25) is 5.88 Å². The molecule has 0 spiro atoms. The topological polar surface area (TPSA) is 57.7 Å². The van der Waals surface area contributed by atoms with E-state index in [-0.39, 0.29) is 5.91 Å². The Morgan fingerprint density at radius 1 is 1.06 bits per heavy atom. The first kappa shape index (κ1) is 21.0. The number of carbonyl (C=O) groups is 1. The number of nitrogens with zero attached hydrogens (tertiary/aromatic N) is 3. The van der Waals surface area contributed by atoms with E-state index in [0.717, 1.165) is 33.3 Å². The van der Waals surface area contributed by atoms with Crippen LogP contribution in [0.1, 0.15) is 20.8 Å². The third-order valence-electron chi connectivity index (χ3n) is 5.54. The van der Waals surface area contributed by atoms with E-state index in [1.807, 2.05) is 68.7 Å². The number of pyridine rings is 1. The number of fused-ring (bicyclic) bond motifs is 2. The molecule has 1 N–H and O–H groups in total. The average Bonchev–Trinajstić information content (AvgIpc) is 3.26. The molecule has 3 heterocycles. The second-order valence-corrected chi connectivity index (χ2v) is 9.07. The lowest BCUT2D eigenvalue weighted by atomic mass is 10.2. The summed E-state index contributed by atoms with van der Waals surface area (Å²) in [5.74, 6) is 1.28. The van der Waals surface area contributed by atoms with Gasteiger partial charge in [-0.3, -0.25) is 4.79 Å². The van der Waals surface area contributed by atoms with Gasteiger partial charge in [0.25, 0.3) is 5.91 Å². The van der Waals surface area contributed by atoms with Crippen LogP contribution in [0.3, 0.4) is 0 Å². The summed E-state index contributed by atoms with van der Waals surface area (Å²) in [5, 5.41) is 3.99. The van der Waals surface area contributed by atoms with Crippen molar-refractivity contribution in [2.24, 2.45) is 0 Å². The summed E-state index contributed by atoms with van der Waals surface area (Å²) < 4.78 is 6.09. The predicted octanol–water partition coefficient (Wildman–Crippen LogP) is 5.58. The van der Waals surface area contributed by atoms with Crippen molar-refractivity contribution in [2.45, 2.75) is 13.1 Å². The number of hydrogen-bond acceptors (Lipinski definition) is 6. The van der Waals surface area contributed by atoms with E-state index in [0.29, 0.717) is 23.8 Å². The first-order valence-corrected chi connectivity index (χ1v) is 11.5. The molecule has 0 saturated heterocycles. The van der Waals surface area contributed by atoms with Gasteiger partial charge in [0.15, 0.2) is 0 Å². The van der Waals surface area contributed by atoms with Crippen LogP contribution in [0.5, 0.6) is 11.6 Å². The fraction of sp³-hybridized carbons (Fsp3) is 0.154. The van der Waals surface area contributed by atoms with E-state index in [2.05, 4.69) is 38.3 Å². The van der Waals surface area contributed by atoms with Crippen LogP contribution in [-0.2, 0) is 13.1 Å². The maximum atomic E-state index is 12.8. The van der Waals surface area contributed by atoms with Crippen LogP contribution in [0, 0.1) is 0 Å². The van der Waals surface area contributed by atoms with E-state index in [1.165, 1.54) is 11.3 Å².